The van der Waals surface area contributed by atoms with Crippen LogP contribution >= 0.6 is 0 Å². The molecule has 1 saturated heterocycles. The van der Waals surface area contributed by atoms with Crippen molar-refractivity contribution >= 4 is 11.6 Å². The molecule has 1 amide bonds. The maximum atomic E-state index is 12.4. The highest BCUT2D eigenvalue weighted by Gasteiger charge is 2.24. The number of anilines is 1. The highest BCUT2D eigenvalue weighted by atomic mass is 16.5. The second kappa shape index (κ2) is 7.34. The van der Waals surface area contributed by atoms with Crippen molar-refractivity contribution in [2.45, 2.75) is 39.7 Å². The molecule has 1 fully saturated rings. The Hall–Kier alpha value is -1.71. The maximum Gasteiger partial charge on any atom is 0.244 e. The quantitative estimate of drug-likeness (QED) is 0.906. The van der Waals surface area contributed by atoms with E-state index in [1.807, 2.05) is 43.0 Å². The Labute approximate surface area is 127 Å². The number of amides is 1. The summed E-state index contributed by atoms with van der Waals surface area (Å²) in [7, 11) is 0. The van der Waals surface area contributed by atoms with Crippen molar-refractivity contribution in [1.82, 2.24) is 4.90 Å². The van der Waals surface area contributed by atoms with Crippen LogP contribution in [0.3, 0.4) is 0 Å². The van der Waals surface area contributed by atoms with Gasteiger partial charge in [-0.25, -0.2) is 0 Å². The molecule has 0 aromatic heterocycles. The van der Waals surface area contributed by atoms with Crippen LogP contribution in [-0.4, -0.2) is 36.5 Å². The Morgan fingerprint density at radius 3 is 2.52 bits per heavy atom. The summed E-state index contributed by atoms with van der Waals surface area (Å²) in [6, 6.07) is 7.55. The minimum atomic E-state index is -0.198. The fourth-order valence-corrected chi connectivity index (χ4v) is 2.63. The summed E-state index contributed by atoms with van der Waals surface area (Å²) in [6.07, 6.45) is 2.23. The topological polar surface area (TPSA) is 41.6 Å². The van der Waals surface area contributed by atoms with Crippen LogP contribution in [-0.2, 0) is 4.79 Å². The number of nitrogens with one attached hydrogen (secondary N) is 1. The van der Waals surface area contributed by atoms with Gasteiger partial charge in [-0.15, -0.1) is 0 Å². The summed E-state index contributed by atoms with van der Waals surface area (Å²) in [4.78, 5) is 14.4. The first-order valence-corrected chi connectivity index (χ1v) is 7.88. The number of rotatable bonds is 5. The third-order valence-corrected chi connectivity index (χ3v) is 4.01. The van der Waals surface area contributed by atoms with E-state index in [1.54, 1.807) is 0 Å². The van der Waals surface area contributed by atoms with Crippen molar-refractivity contribution in [2.24, 2.45) is 5.92 Å². The van der Waals surface area contributed by atoms with Gasteiger partial charge in [0.2, 0.25) is 5.91 Å². The highest BCUT2D eigenvalue weighted by molar-refractivity contribution is 5.84. The van der Waals surface area contributed by atoms with Gasteiger partial charge in [0.05, 0.1) is 6.61 Å². The average Bonchev–Trinajstić information content (AvgIpc) is 2.49. The number of carbonyl (C=O) groups is 1. The summed E-state index contributed by atoms with van der Waals surface area (Å²) in [5.74, 6) is 1.78. The van der Waals surface area contributed by atoms with Gasteiger partial charge in [-0.05, 0) is 56.9 Å². The molecule has 1 aromatic carbocycles. The molecule has 0 bridgehead atoms. The molecule has 1 heterocycles. The molecule has 1 N–H and O–H groups in total. The summed E-state index contributed by atoms with van der Waals surface area (Å²) < 4.78 is 5.42. The second-order valence-corrected chi connectivity index (χ2v) is 5.83. The van der Waals surface area contributed by atoms with E-state index >= 15 is 0 Å². The molecule has 0 spiro atoms. The molecule has 2 rings (SSSR count). The molecule has 0 aliphatic carbocycles. The summed E-state index contributed by atoms with van der Waals surface area (Å²) >= 11 is 0. The molecular weight excluding hydrogens is 264 g/mol. The van der Waals surface area contributed by atoms with Gasteiger partial charge in [0.25, 0.3) is 0 Å². The fraction of sp³-hybridized carbons (Fsp3) is 0.588. The highest BCUT2D eigenvalue weighted by Crippen LogP contribution is 2.19. The number of hydrogen-bond acceptors (Lipinski definition) is 3. The number of benzene rings is 1. The van der Waals surface area contributed by atoms with Crippen LogP contribution in [0.25, 0.3) is 0 Å². The fourth-order valence-electron chi connectivity index (χ4n) is 2.63. The number of piperidine rings is 1. The van der Waals surface area contributed by atoms with Gasteiger partial charge in [-0.1, -0.05) is 6.92 Å². The molecule has 1 unspecified atom stereocenters. The Morgan fingerprint density at radius 1 is 1.33 bits per heavy atom. The molecule has 4 heteroatoms. The van der Waals surface area contributed by atoms with Crippen LogP contribution in [0.5, 0.6) is 5.75 Å². The maximum absolute atomic E-state index is 12.4. The molecule has 1 aromatic rings. The van der Waals surface area contributed by atoms with Crippen LogP contribution in [0.4, 0.5) is 5.69 Å². The predicted molar refractivity (Wildman–Crippen MR) is 85.7 cm³/mol. The molecule has 4 nitrogen and oxygen atoms in total. The minimum absolute atomic E-state index is 0.191. The van der Waals surface area contributed by atoms with Crippen LogP contribution < -0.4 is 10.1 Å². The van der Waals surface area contributed by atoms with Crippen molar-refractivity contribution in [2.75, 3.05) is 25.0 Å². The zero-order valence-corrected chi connectivity index (χ0v) is 13.3. The van der Waals surface area contributed by atoms with E-state index in [1.165, 1.54) is 0 Å². The van der Waals surface area contributed by atoms with Crippen LogP contribution in [0.15, 0.2) is 24.3 Å². The van der Waals surface area contributed by atoms with Gasteiger partial charge in [0, 0.05) is 18.8 Å². The van der Waals surface area contributed by atoms with Crippen molar-refractivity contribution in [3.05, 3.63) is 24.3 Å². The van der Waals surface area contributed by atoms with Crippen LogP contribution in [0.2, 0.25) is 0 Å². The summed E-state index contributed by atoms with van der Waals surface area (Å²) in [5.41, 5.74) is 0.949. The first kappa shape index (κ1) is 15.7. The Kier molecular flexibility index (Phi) is 5.48. The lowest BCUT2D eigenvalue weighted by molar-refractivity contribution is -0.132. The normalized spacial score (nSPS) is 17.4. The Bertz CT molecular complexity index is 450. The third kappa shape index (κ3) is 4.38. The second-order valence-electron chi connectivity index (χ2n) is 5.83. The number of ether oxygens (including phenoxy) is 1. The molecule has 0 radical (unpaired) electrons. The zero-order chi connectivity index (χ0) is 15.2. The van der Waals surface area contributed by atoms with Crippen molar-refractivity contribution in [3.8, 4) is 5.75 Å². The van der Waals surface area contributed by atoms with Gasteiger partial charge >= 0.3 is 0 Å². The van der Waals surface area contributed by atoms with E-state index in [9.17, 15) is 4.79 Å². The molecule has 21 heavy (non-hydrogen) atoms. The molecule has 0 saturated carbocycles. The van der Waals surface area contributed by atoms with E-state index in [0.717, 1.165) is 43.3 Å². The SMILES string of the molecule is CCOc1ccc(NC(C)C(=O)N2CCC(C)CC2)cc1. The van der Waals surface area contributed by atoms with Crippen molar-refractivity contribution in [1.29, 1.82) is 0 Å². The van der Waals surface area contributed by atoms with Crippen LogP contribution in [0, 0.1) is 5.92 Å². The van der Waals surface area contributed by atoms with Gasteiger partial charge < -0.3 is 15.0 Å². The average molecular weight is 290 g/mol. The van der Waals surface area contributed by atoms with Gasteiger partial charge in [-0.2, -0.15) is 0 Å². The smallest absolute Gasteiger partial charge is 0.244 e. The Morgan fingerprint density at radius 2 is 1.95 bits per heavy atom. The summed E-state index contributed by atoms with van der Waals surface area (Å²) in [5, 5.41) is 3.27. The van der Waals surface area contributed by atoms with Crippen molar-refractivity contribution in [3.63, 3.8) is 0 Å². The molecular formula is C17H26N2O2. The third-order valence-electron chi connectivity index (χ3n) is 4.01. The molecule has 1 aliphatic heterocycles. The minimum Gasteiger partial charge on any atom is -0.494 e. The number of likely N-dealkylation sites (tertiary alicyclic amines) is 1. The van der Waals surface area contributed by atoms with Gasteiger partial charge in [0.15, 0.2) is 0 Å². The first-order chi connectivity index (χ1) is 10.1. The van der Waals surface area contributed by atoms with E-state index < -0.39 is 0 Å². The Balaban J connectivity index is 1.88. The number of hydrogen-bond donors (Lipinski definition) is 1. The largest absolute Gasteiger partial charge is 0.494 e. The zero-order valence-electron chi connectivity index (χ0n) is 13.3. The molecule has 1 aliphatic rings. The predicted octanol–water partition coefficient (Wildman–Crippen LogP) is 3.14. The standard InChI is InChI=1S/C17H26N2O2/c1-4-21-16-7-5-15(6-8-16)18-14(3)17(20)19-11-9-13(2)10-12-19/h5-8,13-14,18H,4,9-12H2,1-3H3. The number of nitrogens with zero attached hydrogens (tertiary/aromatic N) is 1. The lowest BCUT2D eigenvalue weighted by atomic mass is 9.99. The van der Waals surface area contributed by atoms with Gasteiger partial charge in [-0.3, -0.25) is 4.79 Å². The van der Waals surface area contributed by atoms with E-state index in [-0.39, 0.29) is 11.9 Å². The van der Waals surface area contributed by atoms with E-state index in [4.69, 9.17) is 4.74 Å². The number of carbonyl (C=O) groups excluding carboxylic acids is 1. The van der Waals surface area contributed by atoms with E-state index in [0.29, 0.717) is 6.61 Å². The van der Waals surface area contributed by atoms with Crippen LogP contribution in [0.1, 0.15) is 33.6 Å². The monoisotopic (exact) mass is 290 g/mol. The van der Waals surface area contributed by atoms with E-state index in [2.05, 4.69) is 12.2 Å². The molecule has 116 valence electrons. The lowest BCUT2D eigenvalue weighted by Gasteiger charge is -2.32. The molecule has 1 atom stereocenters. The summed E-state index contributed by atoms with van der Waals surface area (Å²) in [6.45, 7) is 8.58. The van der Waals surface area contributed by atoms with Crippen molar-refractivity contribution < 1.29 is 9.53 Å². The lowest BCUT2D eigenvalue weighted by Crippen LogP contribution is -2.45. The van der Waals surface area contributed by atoms with Gasteiger partial charge in [0.1, 0.15) is 11.8 Å². The first-order valence-electron chi connectivity index (χ1n) is 7.88.